The zero-order chi connectivity index (χ0) is 13.2. The number of amides is 2. The molecule has 0 aliphatic heterocycles. The van der Waals surface area contributed by atoms with Crippen LogP contribution in [0.4, 0.5) is 9.93 Å². The van der Waals surface area contributed by atoms with Crippen molar-refractivity contribution in [3.63, 3.8) is 0 Å². The van der Waals surface area contributed by atoms with E-state index in [2.05, 4.69) is 15.5 Å². The summed E-state index contributed by atoms with van der Waals surface area (Å²) < 4.78 is 22.3. The molecule has 0 saturated carbocycles. The molecule has 2 amide bonds. The Bertz CT molecular complexity index is 509. The first-order chi connectivity index (χ1) is 7.71. The van der Waals surface area contributed by atoms with Crippen LogP contribution < -0.4 is 10.2 Å². The van der Waals surface area contributed by atoms with Crippen LogP contribution in [0.15, 0.2) is 4.34 Å². The van der Waals surface area contributed by atoms with Crippen molar-refractivity contribution >= 4 is 32.3 Å². The molecule has 1 aromatic heterocycles. The maximum atomic E-state index is 11.6. The van der Waals surface area contributed by atoms with Crippen LogP contribution in [0.1, 0.15) is 13.8 Å². The molecule has 9 heteroatoms. The normalized spacial score (nSPS) is 11.6. The number of anilines is 1. The van der Waals surface area contributed by atoms with Crippen LogP contribution in [0, 0.1) is 0 Å². The van der Waals surface area contributed by atoms with E-state index >= 15 is 0 Å². The van der Waals surface area contributed by atoms with Crippen molar-refractivity contribution in [1.82, 2.24) is 15.5 Å². The highest BCUT2D eigenvalue weighted by Gasteiger charge is 2.20. The highest BCUT2D eigenvalue weighted by molar-refractivity contribution is 7.92. The Hall–Kier alpha value is -1.22. The van der Waals surface area contributed by atoms with Crippen molar-refractivity contribution < 1.29 is 13.2 Å². The molecule has 0 saturated heterocycles. The van der Waals surface area contributed by atoms with Gasteiger partial charge in [0.1, 0.15) is 0 Å². The van der Waals surface area contributed by atoms with Crippen molar-refractivity contribution in [3.8, 4) is 0 Å². The Kier molecular flexibility index (Phi) is 4.04. The Labute approximate surface area is 104 Å². The first-order valence-electron chi connectivity index (χ1n) is 4.79. The third kappa shape index (κ3) is 3.63. The summed E-state index contributed by atoms with van der Waals surface area (Å²) in [6.45, 7) is 3.65. The van der Waals surface area contributed by atoms with E-state index in [9.17, 15) is 13.2 Å². The zero-order valence-electron chi connectivity index (χ0n) is 9.96. The predicted molar refractivity (Wildman–Crippen MR) is 65.1 cm³/mol. The smallest absolute Gasteiger partial charge is 0.323 e. The fourth-order valence-electron chi connectivity index (χ4n) is 0.919. The Balaban J connectivity index is 2.87. The third-order valence-electron chi connectivity index (χ3n) is 1.72. The minimum absolute atomic E-state index is 0.00718. The van der Waals surface area contributed by atoms with Crippen molar-refractivity contribution in [3.05, 3.63) is 0 Å². The third-order valence-corrected chi connectivity index (χ3v) is 4.39. The van der Waals surface area contributed by atoms with Crippen molar-refractivity contribution in [2.24, 2.45) is 0 Å². The van der Waals surface area contributed by atoms with Gasteiger partial charge in [0.2, 0.25) is 19.3 Å². The number of urea groups is 1. The summed E-state index contributed by atoms with van der Waals surface area (Å²) in [6.07, 6.45) is 1.05. The van der Waals surface area contributed by atoms with Gasteiger partial charge in [0, 0.05) is 19.3 Å². The molecular weight excluding hydrogens is 264 g/mol. The van der Waals surface area contributed by atoms with Gasteiger partial charge in [-0.05, 0) is 13.8 Å². The number of carbonyl (C=O) groups is 1. The number of aromatic nitrogens is 2. The summed E-state index contributed by atoms with van der Waals surface area (Å²) in [5, 5.41) is 10.1. The van der Waals surface area contributed by atoms with Crippen LogP contribution in [0.5, 0.6) is 0 Å². The van der Waals surface area contributed by atoms with E-state index in [0.717, 1.165) is 17.6 Å². The molecule has 1 rings (SSSR count). The lowest BCUT2D eigenvalue weighted by atomic mass is 10.4. The average molecular weight is 278 g/mol. The first-order valence-corrected chi connectivity index (χ1v) is 7.50. The van der Waals surface area contributed by atoms with E-state index < -0.39 is 9.84 Å². The summed E-state index contributed by atoms with van der Waals surface area (Å²) in [6, 6.07) is -0.358. The predicted octanol–water partition coefficient (Wildman–Crippen LogP) is 0.496. The van der Waals surface area contributed by atoms with Gasteiger partial charge >= 0.3 is 6.03 Å². The van der Waals surface area contributed by atoms with Gasteiger partial charge in [-0.15, -0.1) is 10.2 Å². The number of sulfone groups is 1. The molecule has 0 aliphatic rings. The molecule has 1 N–H and O–H groups in total. The Morgan fingerprint density at radius 1 is 1.41 bits per heavy atom. The molecular formula is C8H14N4O3S2. The standard InChI is InChI=1S/C8H14N4O3S2/c1-5(2)9-6(13)12(3)7-10-11-8(16-7)17(4,14)15/h5H,1-4H3,(H,9,13). The second-order valence-electron chi connectivity index (χ2n) is 3.79. The van der Waals surface area contributed by atoms with Crippen LogP contribution >= 0.6 is 11.3 Å². The Morgan fingerprint density at radius 2 is 2.00 bits per heavy atom. The van der Waals surface area contributed by atoms with E-state index in [1.165, 1.54) is 11.9 Å². The summed E-state index contributed by atoms with van der Waals surface area (Å²) >= 11 is 0.858. The lowest BCUT2D eigenvalue weighted by Gasteiger charge is -2.16. The maximum Gasteiger partial charge on any atom is 0.323 e. The SMILES string of the molecule is CC(C)NC(=O)N(C)c1nnc(S(C)(=O)=O)s1. The molecule has 96 valence electrons. The minimum Gasteiger partial charge on any atom is -0.335 e. The molecule has 0 atom stereocenters. The lowest BCUT2D eigenvalue weighted by molar-refractivity contribution is 0.245. The summed E-state index contributed by atoms with van der Waals surface area (Å²) in [5.41, 5.74) is 0. The molecule has 0 spiro atoms. The van der Waals surface area contributed by atoms with E-state index in [0.29, 0.717) is 0 Å². The number of nitrogens with zero attached hydrogens (tertiary/aromatic N) is 3. The molecule has 0 aliphatic carbocycles. The van der Waals surface area contributed by atoms with Crippen molar-refractivity contribution in [2.75, 3.05) is 18.2 Å². The lowest BCUT2D eigenvalue weighted by Crippen LogP contribution is -2.40. The highest BCUT2D eigenvalue weighted by atomic mass is 32.2. The molecule has 0 aromatic carbocycles. The molecule has 17 heavy (non-hydrogen) atoms. The van der Waals surface area contributed by atoms with E-state index in [4.69, 9.17) is 0 Å². The Morgan fingerprint density at radius 3 is 2.41 bits per heavy atom. The quantitative estimate of drug-likeness (QED) is 0.813. The number of hydrogen-bond acceptors (Lipinski definition) is 6. The van der Waals surface area contributed by atoms with Crippen LogP contribution in [0.25, 0.3) is 0 Å². The molecule has 0 unspecified atom stereocenters. The van der Waals surface area contributed by atoms with Crippen molar-refractivity contribution in [1.29, 1.82) is 0 Å². The van der Waals surface area contributed by atoms with E-state index in [-0.39, 0.29) is 21.5 Å². The molecule has 0 bridgehead atoms. The molecule has 1 heterocycles. The summed E-state index contributed by atoms with van der Waals surface area (Å²) in [5.74, 6) is 0. The maximum absolute atomic E-state index is 11.6. The zero-order valence-corrected chi connectivity index (χ0v) is 11.6. The van der Waals surface area contributed by atoms with Crippen LogP contribution in [0.3, 0.4) is 0 Å². The monoisotopic (exact) mass is 278 g/mol. The largest absolute Gasteiger partial charge is 0.335 e. The van der Waals surface area contributed by atoms with Crippen LogP contribution in [-0.2, 0) is 9.84 Å². The van der Waals surface area contributed by atoms with Gasteiger partial charge in [-0.3, -0.25) is 4.90 Å². The summed E-state index contributed by atoms with van der Waals surface area (Å²) in [4.78, 5) is 12.8. The van der Waals surface area contributed by atoms with Gasteiger partial charge in [-0.2, -0.15) is 0 Å². The van der Waals surface area contributed by atoms with Gasteiger partial charge in [-0.1, -0.05) is 11.3 Å². The van der Waals surface area contributed by atoms with Gasteiger partial charge < -0.3 is 5.32 Å². The van der Waals surface area contributed by atoms with Gasteiger partial charge in [0.15, 0.2) is 0 Å². The summed E-state index contributed by atoms with van der Waals surface area (Å²) in [7, 11) is -1.87. The number of nitrogens with one attached hydrogen (secondary N) is 1. The fourth-order valence-corrected chi connectivity index (χ4v) is 2.48. The first kappa shape index (κ1) is 13.8. The number of rotatable bonds is 3. The minimum atomic E-state index is -3.38. The second kappa shape index (κ2) is 4.96. The number of hydrogen-bond donors (Lipinski definition) is 1. The number of carbonyl (C=O) groups excluding carboxylic acids is 1. The molecule has 0 fully saturated rings. The average Bonchev–Trinajstić information content (AvgIpc) is 2.63. The van der Waals surface area contributed by atoms with Crippen LogP contribution in [0.2, 0.25) is 0 Å². The van der Waals surface area contributed by atoms with Crippen LogP contribution in [-0.4, -0.2) is 44.0 Å². The van der Waals surface area contributed by atoms with Gasteiger partial charge in [0.05, 0.1) is 0 Å². The molecule has 7 nitrogen and oxygen atoms in total. The van der Waals surface area contributed by atoms with Gasteiger partial charge in [-0.25, -0.2) is 13.2 Å². The topological polar surface area (TPSA) is 92.3 Å². The van der Waals surface area contributed by atoms with E-state index in [1.807, 2.05) is 13.8 Å². The van der Waals surface area contributed by atoms with E-state index in [1.54, 1.807) is 0 Å². The fraction of sp³-hybridized carbons (Fsp3) is 0.625. The van der Waals surface area contributed by atoms with Gasteiger partial charge in [0.25, 0.3) is 0 Å². The molecule has 1 aromatic rings. The second-order valence-corrected chi connectivity index (χ2v) is 6.93. The highest BCUT2D eigenvalue weighted by Crippen LogP contribution is 2.22. The van der Waals surface area contributed by atoms with Crippen molar-refractivity contribution in [2.45, 2.75) is 24.2 Å². The molecule has 0 radical (unpaired) electrons.